The van der Waals surface area contributed by atoms with Crippen molar-refractivity contribution < 1.29 is 19.4 Å². The number of carboxylic acid groups (broad SMARTS) is 1. The summed E-state index contributed by atoms with van der Waals surface area (Å²) < 4.78 is 5.02. The standard InChI is InChI=1S/C15H22N2O4/c1-4-11(2)9-17(3)15(20)16-12-5-7-13(8-6-12)21-10-14(18)19/h5-8,11H,4,9-10H2,1-3H3,(H,16,20)(H,18,19). The van der Waals surface area contributed by atoms with Crippen LogP contribution < -0.4 is 10.1 Å². The Morgan fingerprint density at radius 2 is 1.95 bits per heavy atom. The van der Waals surface area contributed by atoms with E-state index >= 15 is 0 Å². The van der Waals surface area contributed by atoms with Gasteiger partial charge in [0.15, 0.2) is 6.61 Å². The molecule has 2 amide bonds. The number of anilines is 1. The van der Waals surface area contributed by atoms with Crippen molar-refractivity contribution in [1.29, 1.82) is 0 Å². The molecule has 2 N–H and O–H groups in total. The molecule has 0 heterocycles. The number of hydrogen-bond acceptors (Lipinski definition) is 3. The van der Waals surface area contributed by atoms with Crippen LogP contribution in [-0.4, -0.2) is 42.2 Å². The fourth-order valence-corrected chi connectivity index (χ4v) is 1.68. The highest BCUT2D eigenvalue weighted by Gasteiger charge is 2.11. The first-order valence-electron chi connectivity index (χ1n) is 6.89. The second kappa shape index (κ2) is 8.14. The van der Waals surface area contributed by atoms with Crippen molar-refractivity contribution >= 4 is 17.7 Å². The number of carboxylic acids is 1. The number of rotatable bonds is 7. The molecule has 1 rings (SSSR count). The van der Waals surface area contributed by atoms with Crippen LogP contribution in [0.1, 0.15) is 20.3 Å². The number of hydrogen-bond donors (Lipinski definition) is 2. The van der Waals surface area contributed by atoms with Crippen LogP contribution in [0.25, 0.3) is 0 Å². The van der Waals surface area contributed by atoms with Crippen molar-refractivity contribution in [3.63, 3.8) is 0 Å². The molecule has 0 radical (unpaired) electrons. The number of urea groups is 1. The van der Waals surface area contributed by atoms with Gasteiger partial charge in [-0.3, -0.25) is 0 Å². The highest BCUT2D eigenvalue weighted by molar-refractivity contribution is 5.89. The van der Waals surface area contributed by atoms with E-state index in [4.69, 9.17) is 9.84 Å². The summed E-state index contributed by atoms with van der Waals surface area (Å²) in [5, 5.41) is 11.3. The van der Waals surface area contributed by atoms with Gasteiger partial charge in [-0.05, 0) is 30.2 Å². The lowest BCUT2D eigenvalue weighted by Crippen LogP contribution is -2.34. The summed E-state index contributed by atoms with van der Waals surface area (Å²) in [5.74, 6) is -0.130. The molecule has 1 unspecified atom stereocenters. The van der Waals surface area contributed by atoms with Crippen molar-refractivity contribution in [3.05, 3.63) is 24.3 Å². The molecule has 0 saturated heterocycles. The van der Waals surface area contributed by atoms with E-state index < -0.39 is 5.97 Å². The largest absolute Gasteiger partial charge is 0.482 e. The van der Waals surface area contributed by atoms with E-state index in [1.807, 2.05) is 0 Å². The molecule has 0 aliphatic carbocycles. The van der Waals surface area contributed by atoms with Crippen molar-refractivity contribution in [1.82, 2.24) is 4.90 Å². The van der Waals surface area contributed by atoms with Gasteiger partial charge in [0.1, 0.15) is 5.75 Å². The summed E-state index contributed by atoms with van der Waals surface area (Å²) in [7, 11) is 1.76. The number of amides is 2. The van der Waals surface area contributed by atoms with Crippen LogP contribution in [0.4, 0.5) is 10.5 Å². The number of carbonyl (C=O) groups is 2. The molecule has 0 spiro atoms. The monoisotopic (exact) mass is 294 g/mol. The van der Waals surface area contributed by atoms with Crippen molar-refractivity contribution in [3.8, 4) is 5.75 Å². The van der Waals surface area contributed by atoms with Gasteiger partial charge in [0, 0.05) is 19.3 Å². The second-order valence-electron chi connectivity index (χ2n) is 5.03. The molecule has 21 heavy (non-hydrogen) atoms. The Morgan fingerprint density at radius 1 is 1.33 bits per heavy atom. The third-order valence-electron chi connectivity index (χ3n) is 3.10. The lowest BCUT2D eigenvalue weighted by Gasteiger charge is -2.21. The summed E-state index contributed by atoms with van der Waals surface area (Å²) in [6.45, 7) is 4.50. The van der Waals surface area contributed by atoms with Crippen molar-refractivity contribution in [2.24, 2.45) is 5.92 Å². The molecule has 116 valence electrons. The average Bonchev–Trinajstić information content (AvgIpc) is 2.46. The molecular weight excluding hydrogens is 272 g/mol. The Labute approximate surface area is 124 Å². The Kier molecular flexibility index (Phi) is 6.52. The molecule has 0 aliphatic rings. The molecule has 6 heteroatoms. The van der Waals surface area contributed by atoms with Crippen LogP contribution in [0.5, 0.6) is 5.75 Å². The topological polar surface area (TPSA) is 78.9 Å². The Bertz CT molecular complexity index is 473. The molecule has 1 aromatic rings. The van der Waals surface area contributed by atoms with Gasteiger partial charge in [-0.25, -0.2) is 9.59 Å². The van der Waals surface area contributed by atoms with Crippen LogP contribution in [0.2, 0.25) is 0 Å². The smallest absolute Gasteiger partial charge is 0.341 e. The average molecular weight is 294 g/mol. The maximum absolute atomic E-state index is 12.0. The molecule has 6 nitrogen and oxygen atoms in total. The fourth-order valence-electron chi connectivity index (χ4n) is 1.68. The zero-order valence-corrected chi connectivity index (χ0v) is 12.6. The molecule has 1 aromatic carbocycles. The molecular formula is C15H22N2O4. The van der Waals surface area contributed by atoms with Crippen molar-refractivity contribution in [2.45, 2.75) is 20.3 Å². The lowest BCUT2D eigenvalue weighted by molar-refractivity contribution is -0.139. The number of nitrogens with one attached hydrogen (secondary N) is 1. The number of benzene rings is 1. The number of carbonyl (C=O) groups excluding carboxylic acids is 1. The summed E-state index contributed by atoms with van der Waals surface area (Å²) in [6, 6.07) is 6.41. The SMILES string of the molecule is CCC(C)CN(C)C(=O)Nc1ccc(OCC(=O)O)cc1. The normalized spacial score (nSPS) is 11.6. The van der Waals surface area contributed by atoms with Gasteiger partial charge in [-0.1, -0.05) is 20.3 Å². The van der Waals surface area contributed by atoms with Crippen molar-refractivity contribution in [2.75, 3.05) is 25.5 Å². The summed E-state index contributed by atoms with van der Waals surface area (Å²) in [6.07, 6.45) is 1.02. The molecule has 0 aromatic heterocycles. The first-order valence-corrected chi connectivity index (χ1v) is 6.89. The van der Waals surface area contributed by atoms with E-state index in [1.54, 1.807) is 36.2 Å². The van der Waals surface area contributed by atoms with E-state index in [2.05, 4.69) is 19.2 Å². The van der Waals surface area contributed by atoms with E-state index in [-0.39, 0.29) is 12.6 Å². The van der Waals surface area contributed by atoms with E-state index in [0.29, 0.717) is 23.9 Å². The summed E-state index contributed by atoms with van der Waals surface area (Å²) in [4.78, 5) is 24.0. The molecule has 0 bridgehead atoms. The van der Waals surface area contributed by atoms with Gasteiger partial charge < -0.3 is 20.1 Å². The molecule has 0 aliphatic heterocycles. The summed E-state index contributed by atoms with van der Waals surface area (Å²) in [5.41, 5.74) is 0.638. The third-order valence-corrected chi connectivity index (χ3v) is 3.10. The highest BCUT2D eigenvalue weighted by atomic mass is 16.5. The van der Waals surface area contributed by atoms with Gasteiger partial charge in [0.25, 0.3) is 0 Å². The Morgan fingerprint density at radius 3 is 2.48 bits per heavy atom. The second-order valence-corrected chi connectivity index (χ2v) is 5.03. The van der Waals surface area contributed by atoms with Crippen LogP contribution in [0, 0.1) is 5.92 Å². The number of aliphatic carboxylic acids is 1. The third kappa shape index (κ3) is 6.16. The van der Waals surface area contributed by atoms with Gasteiger partial charge in [0.05, 0.1) is 0 Å². The van der Waals surface area contributed by atoms with E-state index in [1.165, 1.54) is 0 Å². The Hall–Kier alpha value is -2.24. The van der Waals surface area contributed by atoms with Gasteiger partial charge in [0.2, 0.25) is 0 Å². The summed E-state index contributed by atoms with van der Waals surface area (Å²) >= 11 is 0. The fraction of sp³-hybridized carbons (Fsp3) is 0.467. The van der Waals surface area contributed by atoms with Gasteiger partial charge in [-0.15, -0.1) is 0 Å². The van der Waals surface area contributed by atoms with Crippen LogP contribution in [0.3, 0.4) is 0 Å². The first kappa shape index (κ1) is 16.8. The first-order chi connectivity index (χ1) is 9.92. The maximum Gasteiger partial charge on any atom is 0.341 e. The molecule has 0 saturated carbocycles. The van der Waals surface area contributed by atoms with Gasteiger partial charge >= 0.3 is 12.0 Å². The van der Waals surface area contributed by atoms with Crippen LogP contribution in [0.15, 0.2) is 24.3 Å². The minimum absolute atomic E-state index is 0.172. The highest BCUT2D eigenvalue weighted by Crippen LogP contribution is 2.16. The zero-order chi connectivity index (χ0) is 15.8. The zero-order valence-electron chi connectivity index (χ0n) is 12.6. The predicted octanol–water partition coefficient (Wildman–Crippen LogP) is 2.66. The Balaban J connectivity index is 2.51. The minimum atomic E-state index is -1.03. The lowest BCUT2D eigenvalue weighted by atomic mass is 10.1. The van der Waals surface area contributed by atoms with E-state index in [9.17, 15) is 9.59 Å². The van der Waals surface area contributed by atoms with Crippen LogP contribution >= 0.6 is 0 Å². The maximum atomic E-state index is 12.0. The van der Waals surface area contributed by atoms with E-state index in [0.717, 1.165) is 6.42 Å². The van der Waals surface area contributed by atoms with Gasteiger partial charge in [-0.2, -0.15) is 0 Å². The minimum Gasteiger partial charge on any atom is -0.482 e. The number of nitrogens with zero attached hydrogens (tertiary/aromatic N) is 1. The van der Waals surface area contributed by atoms with Crippen LogP contribution in [-0.2, 0) is 4.79 Å². The molecule has 0 fully saturated rings. The predicted molar refractivity (Wildman–Crippen MR) is 80.7 cm³/mol. The number of ether oxygens (including phenoxy) is 1. The quantitative estimate of drug-likeness (QED) is 0.810. The molecule has 1 atom stereocenters.